The Bertz CT molecular complexity index is 419. The molecule has 1 aromatic carbocycles. The van der Waals surface area contributed by atoms with Gasteiger partial charge in [0.05, 0.1) is 13.7 Å². The molecular formula is C16H26N2O2. The van der Waals surface area contributed by atoms with E-state index in [2.05, 4.69) is 24.5 Å². The summed E-state index contributed by atoms with van der Waals surface area (Å²) in [4.78, 5) is 11.7. The van der Waals surface area contributed by atoms with E-state index in [4.69, 9.17) is 4.74 Å². The van der Waals surface area contributed by atoms with Crippen molar-refractivity contribution in [1.29, 1.82) is 0 Å². The molecule has 1 atom stereocenters. The van der Waals surface area contributed by atoms with Gasteiger partial charge in [-0.25, -0.2) is 0 Å². The average Bonchev–Trinajstić information content (AvgIpc) is 2.44. The molecule has 1 aromatic rings. The summed E-state index contributed by atoms with van der Waals surface area (Å²) in [7, 11) is 1.66. The normalized spacial score (nSPS) is 12.2. The molecule has 1 amide bonds. The zero-order valence-electron chi connectivity index (χ0n) is 12.9. The lowest BCUT2D eigenvalue weighted by Crippen LogP contribution is -2.35. The minimum Gasteiger partial charge on any atom is -0.496 e. The van der Waals surface area contributed by atoms with E-state index in [0.717, 1.165) is 24.3 Å². The summed E-state index contributed by atoms with van der Waals surface area (Å²) in [6.07, 6.45) is 1.01. The number of carbonyl (C=O) groups excluding carboxylic acids is 1. The number of hydrogen-bond acceptors (Lipinski definition) is 3. The Balaban J connectivity index is 2.39. The zero-order valence-corrected chi connectivity index (χ0v) is 12.9. The predicted octanol–water partition coefficient (Wildman–Crippen LogP) is 2.51. The summed E-state index contributed by atoms with van der Waals surface area (Å²) < 4.78 is 5.32. The smallest absolute Gasteiger partial charge is 0.233 e. The third-order valence-electron chi connectivity index (χ3n) is 3.22. The number of nitrogens with one attached hydrogen (secondary N) is 2. The van der Waals surface area contributed by atoms with E-state index in [1.807, 2.05) is 31.2 Å². The quantitative estimate of drug-likeness (QED) is 0.768. The minimum atomic E-state index is 0.0346. The van der Waals surface area contributed by atoms with Crippen LogP contribution in [-0.2, 0) is 4.79 Å². The van der Waals surface area contributed by atoms with E-state index in [-0.39, 0.29) is 11.9 Å². The summed E-state index contributed by atoms with van der Waals surface area (Å²) in [6, 6.07) is 7.91. The summed E-state index contributed by atoms with van der Waals surface area (Å²) in [5.41, 5.74) is 1.06. The Hall–Kier alpha value is -1.55. The van der Waals surface area contributed by atoms with Gasteiger partial charge < -0.3 is 15.4 Å². The van der Waals surface area contributed by atoms with Crippen molar-refractivity contribution in [3.05, 3.63) is 29.8 Å². The number of hydrogen-bond donors (Lipinski definition) is 2. The van der Waals surface area contributed by atoms with Gasteiger partial charge in [-0.15, -0.1) is 0 Å². The summed E-state index contributed by atoms with van der Waals surface area (Å²) in [5, 5.41) is 6.14. The van der Waals surface area contributed by atoms with Crippen molar-refractivity contribution in [3.63, 3.8) is 0 Å². The van der Waals surface area contributed by atoms with Crippen molar-refractivity contribution in [2.24, 2.45) is 5.92 Å². The van der Waals surface area contributed by atoms with Crippen LogP contribution in [0.5, 0.6) is 5.75 Å². The van der Waals surface area contributed by atoms with E-state index in [0.29, 0.717) is 12.5 Å². The molecule has 4 nitrogen and oxygen atoms in total. The van der Waals surface area contributed by atoms with Crippen LogP contribution in [0.25, 0.3) is 0 Å². The molecule has 2 N–H and O–H groups in total. The molecule has 0 saturated heterocycles. The van der Waals surface area contributed by atoms with E-state index >= 15 is 0 Å². The molecule has 0 bridgehead atoms. The fourth-order valence-corrected chi connectivity index (χ4v) is 1.94. The van der Waals surface area contributed by atoms with Crippen LogP contribution in [-0.4, -0.2) is 26.1 Å². The highest BCUT2D eigenvalue weighted by atomic mass is 16.5. The Morgan fingerprint density at radius 2 is 1.95 bits per heavy atom. The van der Waals surface area contributed by atoms with Gasteiger partial charge >= 0.3 is 0 Å². The fraction of sp³-hybridized carbons (Fsp3) is 0.562. The topological polar surface area (TPSA) is 50.4 Å². The van der Waals surface area contributed by atoms with Crippen molar-refractivity contribution >= 4 is 5.91 Å². The fourth-order valence-electron chi connectivity index (χ4n) is 1.94. The highest BCUT2D eigenvalue weighted by molar-refractivity contribution is 5.78. The Labute approximate surface area is 121 Å². The maximum absolute atomic E-state index is 11.7. The lowest BCUT2D eigenvalue weighted by atomic mass is 10.1. The second-order valence-electron chi connectivity index (χ2n) is 5.38. The van der Waals surface area contributed by atoms with Crippen LogP contribution >= 0.6 is 0 Å². The van der Waals surface area contributed by atoms with Crippen LogP contribution in [0.2, 0.25) is 0 Å². The molecule has 0 aliphatic heterocycles. The summed E-state index contributed by atoms with van der Waals surface area (Å²) in [6.45, 7) is 7.38. The van der Waals surface area contributed by atoms with E-state index in [9.17, 15) is 4.79 Å². The number of rotatable bonds is 8. The predicted molar refractivity (Wildman–Crippen MR) is 81.9 cm³/mol. The molecule has 0 aromatic heterocycles. The van der Waals surface area contributed by atoms with Crippen LogP contribution in [0.3, 0.4) is 0 Å². The molecule has 0 unspecified atom stereocenters. The van der Waals surface area contributed by atoms with Crippen LogP contribution in [0.15, 0.2) is 24.3 Å². The number of methoxy groups -OCH3 is 1. The molecule has 4 heteroatoms. The molecule has 0 fully saturated rings. The average molecular weight is 278 g/mol. The van der Waals surface area contributed by atoms with Crippen molar-refractivity contribution in [3.8, 4) is 5.75 Å². The first-order valence-corrected chi connectivity index (χ1v) is 7.17. The lowest BCUT2D eigenvalue weighted by molar-refractivity contribution is -0.120. The van der Waals surface area contributed by atoms with Gasteiger partial charge in [-0.1, -0.05) is 32.0 Å². The van der Waals surface area contributed by atoms with Gasteiger partial charge in [0.1, 0.15) is 5.75 Å². The molecule has 0 saturated carbocycles. The first kappa shape index (κ1) is 16.5. The number of para-hydroxylation sites is 1. The molecule has 0 spiro atoms. The number of carbonyl (C=O) groups is 1. The highest BCUT2D eigenvalue weighted by Crippen LogP contribution is 2.23. The summed E-state index contributed by atoms with van der Waals surface area (Å²) in [5.74, 6) is 1.48. The first-order valence-electron chi connectivity index (χ1n) is 7.17. The third kappa shape index (κ3) is 5.61. The largest absolute Gasteiger partial charge is 0.496 e. The van der Waals surface area contributed by atoms with Gasteiger partial charge in [-0.05, 0) is 25.3 Å². The monoisotopic (exact) mass is 278 g/mol. The Kier molecular flexibility index (Phi) is 7.09. The van der Waals surface area contributed by atoms with Crippen LogP contribution in [0, 0.1) is 5.92 Å². The van der Waals surface area contributed by atoms with Gasteiger partial charge in [0, 0.05) is 18.2 Å². The van der Waals surface area contributed by atoms with Gasteiger partial charge in [-0.3, -0.25) is 4.79 Å². The first-order chi connectivity index (χ1) is 9.54. The second kappa shape index (κ2) is 8.59. The van der Waals surface area contributed by atoms with E-state index in [1.165, 1.54) is 0 Å². The van der Waals surface area contributed by atoms with Crippen molar-refractivity contribution in [2.75, 3.05) is 20.2 Å². The standard InChI is InChI=1S/C16H26N2O2/c1-12(2)9-10-17-16(19)11-18-13(3)14-7-5-6-8-15(14)20-4/h5-8,12-13,18H,9-11H2,1-4H3,(H,17,19)/t13-/m0/s1. The van der Waals surface area contributed by atoms with Gasteiger partial charge in [0.2, 0.25) is 5.91 Å². The van der Waals surface area contributed by atoms with Gasteiger partial charge in [0.25, 0.3) is 0 Å². The third-order valence-corrected chi connectivity index (χ3v) is 3.22. The molecule has 20 heavy (non-hydrogen) atoms. The zero-order chi connectivity index (χ0) is 15.0. The molecule has 0 radical (unpaired) electrons. The maximum atomic E-state index is 11.7. The molecule has 1 rings (SSSR count). The van der Waals surface area contributed by atoms with Crippen LogP contribution < -0.4 is 15.4 Å². The molecule has 0 aliphatic carbocycles. The number of ether oxygens (including phenoxy) is 1. The number of amides is 1. The minimum absolute atomic E-state index is 0.0346. The SMILES string of the molecule is COc1ccccc1[C@H](C)NCC(=O)NCCC(C)C. The molecular weight excluding hydrogens is 252 g/mol. The maximum Gasteiger partial charge on any atom is 0.233 e. The molecule has 112 valence electrons. The molecule has 0 heterocycles. The lowest BCUT2D eigenvalue weighted by Gasteiger charge is -2.17. The van der Waals surface area contributed by atoms with Gasteiger partial charge in [0.15, 0.2) is 0 Å². The Morgan fingerprint density at radius 1 is 1.25 bits per heavy atom. The second-order valence-corrected chi connectivity index (χ2v) is 5.38. The van der Waals surface area contributed by atoms with Crippen LogP contribution in [0.4, 0.5) is 0 Å². The van der Waals surface area contributed by atoms with Crippen molar-refractivity contribution < 1.29 is 9.53 Å². The van der Waals surface area contributed by atoms with E-state index < -0.39 is 0 Å². The van der Waals surface area contributed by atoms with Gasteiger partial charge in [-0.2, -0.15) is 0 Å². The highest BCUT2D eigenvalue weighted by Gasteiger charge is 2.11. The Morgan fingerprint density at radius 3 is 2.60 bits per heavy atom. The number of benzene rings is 1. The van der Waals surface area contributed by atoms with Crippen molar-refractivity contribution in [2.45, 2.75) is 33.2 Å². The summed E-state index contributed by atoms with van der Waals surface area (Å²) >= 11 is 0. The molecule has 0 aliphatic rings. The van der Waals surface area contributed by atoms with Crippen LogP contribution in [0.1, 0.15) is 38.8 Å². The van der Waals surface area contributed by atoms with Crippen molar-refractivity contribution in [1.82, 2.24) is 10.6 Å². The van der Waals surface area contributed by atoms with E-state index in [1.54, 1.807) is 7.11 Å².